The fraction of sp³-hybridized carbons (Fsp3) is 0.214. The van der Waals surface area contributed by atoms with Gasteiger partial charge in [0.2, 0.25) is 11.7 Å². The maximum Gasteiger partial charge on any atom is 0.338 e. The molecule has 0 amide bonds. The molecule has 0 aliphatic heterocycles. The number of phenolic OH excluding ortho intramolecular Hbond substituents is 1. The molecule has 0 aliphatic carbocycles. The van der Waals surface area contributed by atoms with Crippen LogP contribution in [0.1, 0.15) is 11.2 Å². The molecule has 3 N–H and O–H groups in total. The number of hydrogen-bond acceptors (Lipinski definition) is 7. The summed E-state index contributed by atoms with van der Waals surface area (Å²) < 4.78 is 21.9. The lowest BCUT2D eigenvalue weighted by molar-refractivity contribution is 0.338. The van der Waals surface area contributed by atoms with Crippen LogP contribution in [0.15, 0.2) is 35.6 Å². The average Bonchev–Trinajstić information content (AvgIpc) is 2.55. The van der Waals surface area contributed by atoms with Gasteiger partial charge in [0.15, 0.2) is 11.5 Å². The second-order valence-corrected chi connectivity index (χ2v) is 6.37. The predicted molar refractivity (Wildman–Crippen MR) is 86.2 cm³/mol. The van der Waals surface area contributed by atoms with E-state index in [2.05, 4.69) is 15.0 Å². The summed E-state index contributed by atoms with van der Waals surface area (Å²) in [4.78, 5) is 30.9. The Kier molecular flexibility index (Phi) is 5.50. The van der Waals surface area contributed by atoms with E-state index in [0.717, 1.165) is 6.21 Å². The van der Waals surface area contributed by atoms with Crippen molar-refractivity contribution in [2.45, 2.75) is 5.66 Å². The third-order valence-corrected chi connectivity index (χ3v) is 4.25. The molecule has 2 rings (SSSR count). The monoisotopic (exact) mass is 353 g/mol. The first-order valence-electron chi connectivity index (χ1n) is 6.68. The van der Waals surface area contributed by atoms with Crippen molar-refractivity contribution in [1.82, 2.24) is 9.97 Å². The lowest BCUT2D eigenvalue weighted by Crippen LogP contribution is -2.03. The zero-order valence-corrected chi connectivity index (χ0v) is 13.8. The van der Waals surface area contributed by atoms with Crippen LogP contribution in [0, 0.1) is 0 Å². The van der Waals surface area contributed by atoms with Crippen LogP contribution in [-0.4, -0.2) is 45.3 Å². The highest BCUT2D eigenvalue weighted by Gasteiger charge is 2.31. The van der Waals surface area contributed by atoms with Crippen molar-refractivity contribution >= 4 is 19.8 Å². The maximum absolute atomic E-state index is 11.9. The van der Waals surface area contributed by atoms with Crippen LogP contribution in [0.4, 0.5) is 5.95 Å². The molecule has 0 fully saturated rings. The number of hydrogen-bond donors (Lipinski definition) is 3. The summed E-state index contributed by atoms with van der Waals surface area (Å²) in [6, 6.07) is 4.20. The summed E-state index contributed by atoms with van der Waals surface area (Å²) in [7, 11) is -1.98. The number of rotatable bonds is 6. The van der Waals surface area contributed by atoms with Crippen LogP contribution in [0.25, 0.3) is 0 Å². The van der Waals surface area contributed by atoms with E-state index in [9.17, 15) is 19.5 Å². The first-order valence-corrected chi connectivity index (χ1v) is 8.36. The predicted octanol–water partition coefficient (Wildman–Crippen LogP) is 1.82. The topological polar surface area (TPSA) is 134 Å². The Bertz CT molecular complexity index is 752. The van der Waals surface area contributed by atoms with E-state index in [4.69, 9.17) is 9.47 Å². The smallest absolute Gasteiger partial charge is 0.338 e. The second-order valence-electron chi connectivity index (χ2n) is 4.63. The normalized spacial score (nSPS) is 13.0. The van der Waals surface area contributed by atoms with Crippen molar-refractivity contribution in [3.05, 3.63) is 36.2 Å². The van der Waals surface area contributed by atoms with Crippen molar-refractivity contribution in [1.29, 1.82) is 0 Å². The summed E-state index contributed by atoms with van der Waals surface area (Å²) in [5.74, 6) is -0.162. The number of aromatic hydroxyl groups is 1. The lowest BCUT2D eigenvalue weighted by atomic mass is 10.1. The number of phenols is 1. The van der Waals surface area contributed by atoms with Gasteiger partial charge in [0, 0.05) is 18.6 Å². The van der Waals surface area contributed by atoms with Crippen LogP contribution in [0.3, 0.4) is 0 Å². The van der Waals surface area contributed by atoms with Crippen LogP contribution < -0.4 is 9.47 Å². The Morgan fingerprint density at radius 1 is 1.17 bits per heavy atom. The van der Waals surface area contributed by atoms with E-state index in [1.165, 1.54) is 38.7 Å². The maximum atomic E-state index is 11.9. The number of methoxy groups -OCH3 is 2. The molecule has 0 aliphatic rings. The molecule has 128 valence electrons. The van der Waals surface area contributed by atoms with Gasteiger partial charge >= 0.3 is 7.60 Å². The van der Waals surface area contributed by atoms with Gasteiger partial charge in [-0.3, -0.25) is 4.57 Å². The number of aromatic nitrogens is 2. The molecular weight excluding hydrogens is 337 g/mol. The van der Waals surface area contributed by atoms with Crippen molar-refractivity contribution < 1.29 is 28.9 Å². The molecule has 1 heterocycles. The van der Waals surface area contributed by atoms with Gasteiger partial charge < -0.3 is 24.4 Å². The van der Waals surface area contributed by atoms with Crippen LogP contribution in [0.5, 0.6) is 17.2 Å². The van der Waals surface area contributed by atoms with Gasteiger partial charge in [-0.1, -0.05) is 0 Å². The molecule has 0 bridgehead atoms. The van der Waals surface area contributed by atoms with E-state index in [-0.39, 0.29) is 28.8 Å². The fourth-order valence-electron chi connectivity index (χ4n) is 1.95. The molecule has 0 saturated carbocycles. The number of benzene rings is 1. The molecule has 1 aromatic heterocycles. The summed E-state index contributed by atoms with van der Waals surface area (Å²) >= 11 is 0. The van der Waals surface area contributed by atoms with Crippen molar-refractivity contribution in [3.8, 4) is 17.2 Å². The Hall–Kier alpha value is -2.48. The fourth-order valence-corrected chi connectivity index (χ4v) is 2.72. The number of ether oxygens (including phenoxy) is 2. The van der Waals surface area contributed by atoms with E-state index in [1.54, 1.807) is 6.07 Å². The second kappa shape index (κ2) is 7.39. The van der Waals surface area contributed by atoms with Crippen LogP contribution in [-0.2, 0) is 4.57 Å². The van der Waals surface area contributed by atoms with E-state index >= 15 is 0 Å². The molecule has 0 radical (unpaired) electrons. The number of aliphatic imine (C=N–C) groups is 1. The zero-order chi connectivity index (χ0) is 17.7. The Balaban J connectivity index is 2.50. The van der Waals surface area contributed by atoms with Gasteiger partial charge in [-0.05, 0) is 23.8 Å². The largest absolute Gasteiger partial charge is 0.502 e. The lowest BCUT2D eigenvalue weighted by Gasteiger charge is -2.17. The minimum atomic E-state index is -4.61. The van der Waals surface area contributed by atoms with Crippen molar-refractivity contribution in [2.75, 3.05) is 14.2 Å². The summed E-state index contributed by atoms with van der Waals surface area (Å²) in [6.07, 6.45) is 3.97. The molecule has 1 aromatic carbocycles. The molecule has 2 aromatic rings. The zero-order valence-electron chi connectivity index (χ0n) is 12.9. The van der Waals surface area contributed by atoms with Gasteiger partial charge in [0.05, 0.1) is 14.2 Å². The molecule has 1 atom stereocenters. The van der Waals surface area contributed by atoms with Gasteiger partial charge in [-0.25, -0.2) is 15.0 Å². The number of nitrogens with zero attached hydrogens (tertiary/aromatic N) is 3. The highest BCUT2D eigenvalue weighted by molar-refractivity contribution is 7.53. The summed E-state index contributed by atoms with van der Waals surface area (Å²) in [5, 5.41) is 9.91. The van der Waals surface area contributed by atoms with Crippen molar-refractivity contribution in [3.63, 3.8) is 0 Å². The van der Waals surface area contributed by atoms with Crippen molar-refractivity contribution in [2.24, 2.45) is 4.99 Å². The van der Waals surface area contributed by atoms with Gasteiger partial charge in [-0.2, -0.15) is 0 Å². The minimum absolute atomic E-state index is 0.0205. The highest BCUT2D eigenvalue weighted by Crippen LogP contribution is 2.53. The SMILES string of the molecule is COc1cc(C(C=Nc2ncccn2)P(=O)(O)O)cc(OC)c1O. The van der Waals surface area contributed by atoms with Gasteiger partial charge in [0.25, 0.3) is 0 Å². The van der Waals surface area contributed by atoms with E-state index in [0.29, 0.717) is 0 Å². The van der Waals surface area contributed by atoms with Gasteiger partial charge in [0.1, 0.15) is 5.66 Å². The molecule has 1 unspecified atom stereocenters. The standard InChI is InChI=1S/C14H16N3O6P/c1-22-10-6-9(7-11(23-2)13(10)18)12(24(19,20)21)8-17-14-15-4-3-5-16-14/h3-8,12,18H,1-2H3,(H2,19,20,21). The minimum Gasteiger partial charge on any atom is -0.502 e. The van der Waals surface area contributed by atoms with Crippen LogP contribution >= 0.6 is 7.60 Å². The first-order chi connectivity index (χ1) is 11.4. The van der Waals surface area contributed by atoms with Crippen LogP contribution in [0.2, 0.25) is 0 Å². The Morgan fingerprint density at radius 3 is 2.17 bits per heavy atom. The molecule has 24 heavy (non-hydrogen) atoms. The molecule has 9 nitrogen and oxygen atoms in total. The average molecular weight is 353 g/mol. The van der Waals surface area contributed by atoms with E-state index < -0.39 is 13.3 Å². The summed E-state index contributed by atoms with van der Waals surface area (Å²) in [5.41, 5.74) is -1.22. The third kappa shape index (κ3) is 4.08. The third-order valence-electron chi connectivity index (χ3n) is 3.09. The molecule has 10 heteroatoms. The Labute approximate surface area is 137 Å². The summed E-state index contributed by atoms with van der Waals surface area (Å²) in [6.45, 7) is 0. The molecule has 0 spiro atoms. The quantitative estimate of drug-likeness (QED) is 0.529. The molecular formula is C14H16N3O6P. The highest BCUT2D eigenvalue weighted by atomic mass is 31.2. The van der Waals surface area contributed by atoms with E-state index in [1.807, 2.05) is 0 Å². The van der Waals surface area contributed by atoms with Gasteiger partial charge in [-0.15, -0.1) is 0 Å². The Morgan fingerprint density at radius 2 is 1.71 bits per heavy atom. The molecule has 0 saturated heterocycles. The first kappa shape index (κ1) is 17.9.